The van der Waals surface area contributed by atoms with Gasteiger partial charge in [-0.15, -0.1) is 0 Å². The van der Waals surface area contributed by atoms with Crippen LogP contribution in [0.5, 0.6) is 0 Å². The lowest BCUT2D eigenvalue weighted by molar-refractivity contribution is -0.00969. The lowest BCUT2D eigenvalue weighted by Gasteiger charge is -2.47. The summed E-state index contributed by atoms with van der Waals surface area (Å²) in [7, 11) is 0. The summed E-state index contributed by atoms with van der Waals surface area (Å²) in [5.74, 6) is 0. The minimum atomic E-state index is -0.466. The number of pyridine rings is 1. The van der Waals surface area contributed by atoms with Crippen molar-refractivity contribution in [2.75, 3.05) is 13.1 Å². The molecular formula is C22H24N4O2. The van der Waals surface area contributed by atoms with Crippen LogP contribution in [0.2, 0.25) is 0 Å². The number of ether oxygens (including phenoxy) is 1. The topological polar surface area (TPSA) is 60.2 Å². The largest absolute Gasteiger partial charge is 0.444 e. The van der Waals surface area contributed by atoms with Gasteiger partial charge in [0.2, 0.25) is 0 Å². The van der Waals surface area contributed by atoms with E-state index >= 15 is 0 Å². The van der Waals surface area contributed by atoms with Gasteiger partial charge < -0.3 is 9.64 Å². The van der Waals surface area contributed by atoms with Crippen molar-refractivity contribution < 1.29 is 9.53 Å². The number of fused-ring (bicyclic) bond motifs is 3. The van der Waals surface area contributed by atoms with Gasteiger partial charge in [0.05, 0.1) is 5.69 Å². The van der Waals surface area contributed by atoms with Crippen LogP contribution in [0.4, 0.5) is 4.79 Å². The first-order chi connectivity index (χ1) is 13.3. The van der Waals surface area contributed by atoms with E-state index in [4.69, 9.17) is 9.84 Å². The van der Waals surface area contributed by atoms with Gasteiger partial charge >= 0.3 is 6.09 Å². The van der Waals surface area contributed by atoms with Crippen molar-refractivity contribution in [2.24, 2.45) is 0 Å². The van der Waals surface area contributed by atoms with Crippen LogP contribution in [0, 0.1) is 0 Å². The highest BCUT2D eigenvalue weighted by Gasteiger charge is 2.52. The number of benzene rings is 1. The predicted octanol–water partition coefficient (Wildman–Crippen LogP) is 3.99. The maximum Gasteiger partial charge on any atom is 0.410 e. The van der Waals surface area contributed by atoms with Crippen molar-refractivity contribution in [1.82, 2.24) is 19.7 Å². The van der Waals surface area contributed by atoms with Gasteiger partial charge in [0, 0.05) is 54.1 Å². The molecule has 1 amide bonds. The molecule has 5 rings (SSSR count). The van der Waals surface area contributed by atoms with Crippen molar-refractivity contribution in [3.8, 4) is 11.3 Å². The van der Waals surface area contributed by atoms with E-state index < -0.39 is 5.60 Å². The third-order valence-electron chi connectivity index (χ3n) is 5.71. The normalized spacial score (nSPS) is 17.6. The van der Waals surface area contributed by atoms with Crippen LogP contribution < -0.4 is 0 Å². The summed E-state index contributed by atoms with van der Waals surface area (Å²) in [5.41, 5.74) is 2.76. The Kier molecular flexibility index (Phi) is 3.57. The molecule has 0 radical (unpaired) electrons. The summed E-state index contributed by atoms with van der Waals surface area (Å²) < 4.78 is 7.61. The third kappa shape index (κ3) is 2.66. The zero-order chi connectivity index (χ0) is 19.5. The van der Waals surface area contributed by atoms with Gasteiger partial charge in [-0.25, -0.2) is 4.79 Å². The van der Waals surface area contributed by atoms with Gasteiger partial charge in [-0.3, -0.25) is 9.67 Å². The van der Waals surface area contributed by atoms with Crippen molar-refractivity contribution in [3.05, 3.63) is 48.4 Å². The predicted molar refractivity (Wildman–Crippen MR) is 107 cm³/mol. The van der Waals surface area contributed by atoms with E-state index in [-0.39, 0.29) is 11.5 Å². The molecule has 1 spiro atoms. The molecule has 144 valence electrons. The highest BCUT2D eigenvalue weighted by Crippen LogP contribution is 2.44. The Hall–Kier alpha value is -2.89. The van der Waals surface area contributed by atoms with Crippen LogP contribution >= 0.6 is 0 Å². The molecule has 0 atom stereocenters. The van der Waals surface area contributed by atoms with Gasteiger partial charge in [-0.2, -0.15) is 5.10 Å². The highest BCUT2D eigenvalue weighted by atomic mass is 16.6. The summed E-state index contributed by atoms with van der Waals surface area (Å²) in [4.78, 5) is 18.5. The molecule has 0 bridgehead atoms. The van der Waals surface area contributed by atoms with Crippen LogP contribution in [0.25, 0.3) is 22.0 Å². The van der Waals surface area contributed by atoms with E-state index in [1.807, 2.05) is 45.3 Å². The van der Waals surface area contributed by atoms with Crippen molar-refractivity contribution in [2.45, 2.75) is 44.8 Å². The molecule has 3 aromatic rings. The zero-order valence-electron chi connectivity index (χ0n) is 16.5. The smallest absolute Gasteiger partial charge is 0.410 e. The fourth-order valence-corrected chi connectivity index (χ4v) is 4.37. The number of aromatic nitrogens is 3. The Balaban J connectivity index is 1.43. The molecule has 0 N–H and O–H groups in total. The standard InChI is InChI=1S/C22H24N4O2/c1-21(2,3)28-20(27)25-13-22(14-25)8-9-26-19(22)10-18(24-26)17-12-23-11-15-6-4-5-7-16(15)17/h4-7,10-12H,8-9,13-14H2,1-3H3. The summed E-state index contributed by atoms with van der Waals surface area (Å²) >= 11 is 0. The van der Waals surface area contributed by atoms with Crippen LogP contribution in [-0.4, -0.2) is 44.4 Å². The maximum absolute atomic E-state index is 12.3. The van der Waals surface area contributed by atoms with E-state index in [0.29, 0.717) is 13.1 Å². The molecule has 2 aromatic heterocycles. The number of aryl methyl sites for hydroxylation is 1. The molecule has 2 aliphatic heterocycles. The number of carbonyl (C=O) groups is 1. The first-order valence-corrected chi connectivity index (χ1v) is 9.74. The lowest BCUT2D eigenvalue weighted by Crippen LogP contribution is -2.61. The number of carbonyl (C=O) groups excluding carboxylic acids is 1. The van der Waals surface area contributed by atoms with Gasteiger partial charge in [-0.1, -0.05) is 24.3 Å². The average Bonchev–Trinajstić information content (AvgIpc) is 3.17. The van der Waals surface area contributed by atoms with Gasteiger partial charge in [-0.05, 0) is 38.6 Å². The second kappa shape index (κ2) is 5.80. The second-order valence-electron chi connectivity index (χ2n) is 8.91. The van der Waals surface area contributed by atoms with Gasteiger partial charge in [0.1, 0.15) is 5.60 Å². The fraction of sp³-hybridized carbons (Fsp3) is 0.409. The molecule has 2 aliphatic rings. The van der Waals surface area contributed by atoms with Gasteiger partial charge in [0.15, 0.2) is 0 Å². The number of amides is 1. The molecular weight excluding hydrogens is 352 g/mol. The van der Waals surface area contributed by atoms with Crippen LogP contribution in [-0.2, 0) is 16.7 Å². The summed E-state index contributed by atoms with van der Waals surface area (Å²) in [6.07, 6.45) is 4.56. The first kappa shape index (κ1) is 17.2. The lowest BCUT2D eigenvalue weighted by atomic mass is 9.76. The number of rotatable bonds is 1. The van der Waals surface area contributed by atoms with E-state index in [1.165, 1.54) is 5.69 Å². The quantitative estimate of drug-likeness (QED) is 0.644. The number of hydrogen-bond acceptors (Lipinski definition) is 4. The molecule has 6 heteroatoms. The summed E-state index contributed by atoms with van der Waals surface area (Å²) in [5, 5.41) is 7.13. The molecule has 1 aromatic carbocycles. The Morgan fingerprint density at radius 1 is 1.18 bits per heavy atom. The Morgan fingerprint density at radius 3 is 2.75 bits per heavy atom. The zero-order valence-corrected chi connectivity index (χ0v) is 16.5. The van der Waals surface area contributed by atoms with Crippen molar-refractivity contribution in [3.63, 3.8) is 0 Å². The second-order valence-corrected chi connectivity index (χ2v) is 8.91. The van der Waals surface area contributed by atoms with E-state index in [1.54, 1.807) is 4.90 Å². The Morgan fingerprint density at radius 2 is 1.96 bits per heavy atom. The van der Waals surface area contributed by atoms with E-state index in [2.05, 4.69) is 27.9 Å². The van der Waals surface area contributed by atoms with Crippen LogP contribution in [0.3, 0.4) is 0 Å². The maximum atomic E-state index is 12.3. The minimum Gasteiger partial charge on any atom is -0.444 e. The van der Waals surface area contributed by atoms with Crippen molar-refractivity contribution >= 4 is 16.9 Å². The summed E-state index contributed by atoms with van der Waals surface area (Å²) in [6.45, 7) is 7.97. The first-order valence-electron chi connectivity index (χ1n) is 9.74. The molecule has 4 heterocycles. The van der Waals surface area contributed by atoms with Crippen molar-refractivity contribution in [1.29, 1.82) is 0 Å². The minimum absolute atomic E-state index is 0.000165. The number of hydrogen-bond donors (Lipinski definition) is 0. The molecule has 0 aliphatic carbocycles. The highest BCUT2D eigenvalue weighted by molar-refractivity contribution is 5.94. The monoisotopic (exact) mass is 376 g/mol. The third-order valence-corrected chi connectivity index (χ3v) is 5.71. The van der Waals surface area contributed by atoms with E-state index in [0.717, 1.165) is 35.0 Å². The SMILES string of the molecule is CC(C)(C)OC(=O)N1CC2(CCn3nc(-c4cncc5ccccc45)cc32)C1. The average molecular weight is 376 g/mol. The molecule has 6 nitrogen and oxygen atoms in total. The Labute approximate surface area is 164 Å². The number of nitrogens with zero attached hydrogens (tertiary/aromatic N) is 4. The molecule has 1 fully saturated rings. The molecule has 1 saturated heterocycles. The van der Waals surface area contributed by atoms with Crippen LogP contribution in [0.1, 0.15) is 32.9 Å². The van der Waals surface area contributed by atoms with E-state index in [9.17, 15) is 4.79 Å². The van der Waals surface area contributed by atoms with Gasteiger partial charge in [0.25, 0.3) is 0 Å². The Bertz CT molecular complexity index is 1070. The summed E-state index contributed by atoms with van der Waals surface area (Å²) in [6, 6.07) is 10.4. The number of likely N-dealkylation sites (tertiary alicyclic amines) is 1. The fourth-order valence-electron chi connectivity index (χ4n) is 4.37. The molecule has 28 heavy (non-hydrogen) atoms. The van der Waals surface area contributed by atoms with Crippen LogP contribution in [0.15, 0.2) is 42.7 Å². The molecule has 0 saturated carbocycles. The molecule has 0 unspecified atom stereocenters.